The Balaban J connectivity index is 2.57. The van der Waals surface area contributed by atoms with Gasteiger partial charge in [-0.3, -0.25) is 5.10 Å². The van der Waals surface area contributed by atoms with Crippen LogP contribution in [0.2, 0.25) is 0 Å². The number of aromatic amines is 1. The zero-order valence-electron chi connectivity index (χ0n) is 9.20. The number of aromatic nitrogens is 2. The van der Waals surface area contributed by atoms with Gasteiger partial charge in [0.05, 0.1) is 5.69 Å². The second kappa shape index (κ2) is 4.55. The van der Waals surface area contributed by atoms with Crippen LogP contribution in [0.4, 0.5) is 0 Å². The molecular weight excluding hydrogens is 284 g/mol. The number of nitrogens with zero attached hydrogens (tertiary/aromatic N) is 1. The maximum absolute atomic E-state index is 5.34. The van der Waals surface area contributed by atoms with E-state index in [1.54, 1.807) is 0 Å². The van der Waals surface area contributed by atoms with Crippen molar-refractivity contribution in [1.82, 2.24) is 9.78 Å². The Morgan fingerprint density at radius 1 is 1.31 bits per heavy atom. The molecule has 0 spiro atoms. The van der Waals surface area contributed by atoms with E-state index in [2.05, 4.69) is 34.9 Å². The van der Waals surface area contributed by atoms with Crippen LogP contribution in [0.15, 0.2) is 34.8 Å². The Kier molecular flexibility index (Phi) is 3.30. The van der Waals surface area contributed by atoms with Crippen LogP contribution in [0.1, 0.15) is 25.5 Å². The lowest BCUT2D eigenvalue weighted by atomic mass is 10.1. The Morgan fingerprint density at radius 3 is 2.56 bits per heavy atom. The molecule has 0 saturated carbocycles. The Morgan fingerprint density at radius 2 is 2.00 bits per heavy atom. The predicted octanol–water partition coefficient (Wildman–Crippen LogP) is 4.42. The molecule has 0 atom stereocenters. The van der Waals surface area contributed by atoms with Crippen molar-refractivity contribution >= 4 is 28.1 Å². The fourth-order valence-electron chi connectivity index (χ4n) is 1.52. The molecule has 16 heavy (non-hydrogen) atoms. The van der Waals surface area contributed by atoms with Crippen molar-refractivity contribution in [3.8, 4) is 5.69 Å². The first-order chi connectivity index (χ1) is 7.59. The number of hydrogen-bond acceptors (Lipinski definition) is 1. The summed E-state index contributed by atoms with van der Waals surface area (Å²) >= 11 is 8.87. The molecule has 0 aliphatic rings. The summed E-state index contributed by atoms with van der Waals surface area (Å²) in [6, 6.07) is 10.0. The van der Waals surface area contributed by atoms with Gasteiger partial charge in [0.2, 0.25) is 0 Å². The summed E-state index contributed by atoms with van der Waals surface area (Å²) in [5, 5.41) is 3.32. The normalized spacial score (nSPS) is 11.0. The van der Waals surface area contributed by atoms with Crippen molar-refractivity contribution in [2.24, 2.45) is 0 Å². The van der Waals surface area contributed by atoms with Gasteiger partial charge in [-0.1, -0.05) is 38.2 Å². The lowest BCUT2D eigenvalue weighted by Gasteiger charge is -2.06. The van der Waals surface area contributed by atoms with E-state index in [0.717, 1.165) is 20.5 Å². The van der Waals surface area contributed by atoms with Gasteiger partial charge in [0.1, 0.15) is 4.64 Å². The molecule has 0 bridgehead atoms. The van der Waals surface area contributed by atoms with Gasteiger partial charge in [-0.05, 0) is 40.0 Å². The molecule has 2 nitrogen and oxygen atoms in total. The number of rotatable bonds is 2. The molecule has 0 aliphatic carbocycles. The van der Waals surface area contributed by atoms with Crippen molar-refractivity contribution in [3.63, 3.8) is 0 Å². The van der Waals surface area contributed by atoms with Gasteiger partial charge in [0.15, 0.2) is 0 Å². The number of halogens is 1. The quantitative estimate of drug-likeness (QED) is 0.814. The van der Waals surface area contributed by atoms with Crippen LogP contribution in [0.5, 0.6) is 0 Å². The molecule has 0 amide bonds. The molecule has 1 N–H and O–H groups in total. The topological polar surface area (TPSA) is 20.7 Å². The third-order valence-corrected chi connectivity index (χ3v) is 3.43. The SMILES string of the molecule is CC(C)c1cc(=S)n(-c2ccccc2Br)[nH]1. The van der Waals surface area contributed by atoms with Crippen molar-refractivity contribution < 1.29 is 0 Å². The van der Waals surface area contributed by atoms with Gasteiger partial charge in [-0.25, -0.2) is 4.68 Å². The highest BCUT2D eigenvalue weighted by atomic mass is 79.9. The Bertz CT molecular complexity index is 554. The molecule has 0 unspecified atom stereocenters. The van der Waals surface area contributed by atoms with E-state index in [1.807, 2.05) is 35.0 Å². The summed E-state index contributed by atoms with van der Waals surface area (Å²) < 4.78 is 3.76. The number of hydrogen-bond donors (Lipinski definition) is 1. The van der Waals surface area contributed by atoms with Gasteiger partial charge in [-0.2, -0.15) is 0 Å². The molecule has 2 aromatic rings. The maximum Gasteiger partial charge on any atom is 0.128 e. The van der Waals surface area contributed by atoms with E-state index < -0.39 is 0 Å². The Hall–Kier alpha value is -0.870. The van der Waals surface area contributed by atoms with Crippen LogP contribution in [-0.4, -0.2) is 9.78 Å². The zero-order chi connectivity index (χ0) is 11.7. The molecule has 0 aliphatic heterocycles. The molecule has 2 rings (SSSR count). The molecule has 1 aromatic carbocycles. The van der Waals surface area contributed by atoms with Crippen molar-refractivity contribution in [3.05, 3.63) is 45.1 Å². The van der Waals surface area contributed by atoms with Crippen LogP contribution in [-0.2, 0) is 0 Å². The molecule has 1 aromatic heterocycles. The molecule has 0 saturated heterocycles. The standard InChI is InChI=1S/C12H13BrN2S/c1-8(2)10-7-12(16)15(14-10)11-6-4-3-5-9(11)13/h3-8,14H,1-2H3. The molecule has 84 valence electrons. The third-order valence-electron chi connectivity index (χ3n) is 2.46. The summed E-state index contributed by atoms with van der Waals surface area (Å²) in [6.07, 6.45) is 0. The van der Waals surface area contributed by atoms with Crippen molar-refractivity contribution in [1.29, 1.82) is 0 Å². The summed E-state index contributed by atoms with van der Waals surface area (Å²) in [6.45, 7) is 4.29. The number of H-pyrrole nitrogens is 1. The van der Waals surface area contributed by atoms with Gasteiger partial charge >= 0.3 is 0 Å². The second-order valence-electron chi connectivity index (χ2n) is 3.99. The van der Waals surface area contributed by atoms with E-state index in [-0.39, 0.29) is 0 Å². The zero-order valence-corrected chi connectivity index (χ0v) is 11.6. The average molecular weight is 297 g/mol. The highest BCUT2D eigenvalue weighted by Gasteiger charge is 2.07. The van der Waals surface area contributed by atoms with Gasteiger partial charge in [0, 0.05) is 10.2 Å². The summed E-state index contributed by atoms with van der Waals surface area (Å²) in [4.78, 5) is 0. The largest absolute Gasteiger partial charge is 0.297 e. The number of nitrogens with one attached hydrogen (secondary N) is 1. The van der Waals surface area contributed by atoms with Gasteiger partial charge in [-0.15, -0.1) is 0 Å². The average Bonchev–Trinajstić information content (AvgIpc) is 2.61. The molecule has 0 radical (unpaired) electrons. The van der Waals surface area contributed by atoms with Crippen molar-refractivity contribution in [2.75, 3.05) is 0 Å². The minimum Gasteiger partial charge on any atom is -0.297 e. The number of para-hydroxylation sites is 1. The predicted molar refractivity (Wildman–Crippen MR) is 72.7 cm³/mol. The van der Waals surface area contributed by atoms with Crippen LogP contribution < -0.4 is 0 Å². The summed E-state index contributed by atoms with van der Waals surface area (Å²) in [5.74, 6) is 0.449. The fraction of sp³-hybridized carbons (Fsp3) is 0.250. The van der Waals surface area contributed by atoms with Gasteiger partial charge in [0.25, 0.3) is 0 Å². The molecule has 0 fully saturated rings. The number of benzene rings is 1. The first-order valence-corrected chi connectivity index (χ1v) is 6.36. The highest BCUT2D eigenvalue weighted by Crippen LogP contribution is 2.22. The smallest absolute Gasteiger partial charge is 0.128 e. The summed E-state index contributed by atoms with van der Waals surface area (Å²) in [7, 11) is 0. The first kappa shape index (κ1) is 11.6. The van der Waals surface area contributed by atoms with E-state index in [1.165, 1.54) is 0 Å². The van der Waals surface area contributed by atoms with E-state index in [4.69, 9.17) is 12.2 Å². The Labute approximate surface area is 108 Å². The second-order valence-corrected chi connectivity index (χ2v) is 5.26. The van der Waals surface area contributed by atoms with E-state index >= 15 is 0 Å². The molecule has 1 heterocycles. The fourth-order valence-corrected chi connectivity index (χ4v) is 2.25. The first-order valence-electron chi connectivity index (χ1n) is 5.16. The molecule has 4 heteroatoms. The minimum absolute atomic E-state index is 0.449. The third kappa shape index (κ3) is 2.13. The van der Waals surface area contributed by atoms with Crippen LogP contribution in [0.25, 0.3) is 5.69 Å². The monoisotopic (exact) mass is 296 g/mol. The van der Waals surface area contributed by atoms with E-state index in [9.17, 15) is 0 Å². The van der Waals surface area contributed by atoms with E-state index in [0.29, 0.717) is 5.92 Å². The maximum atomic E-state index is 5.34. The van der Waals surface area contributed by atoms with Crippen molar-refractivity contribution in [2.45, 2.75) is 19.8 Å². The highest BCUT2D eigenvalue weighted by molar-refractivity contribution is 9.10. The molecular formula is C12H13BrN2S. The van der Waals surface area contributed by atoms with Crippen LogP contribution in [0, 0.1) is 4.64 Å². The lowest BCUT2D eigenvalue weighted by molar-refractivity contribution is 0.764. The minimum atomic E-state index is 0.449. The van der Waals surface area contributed by atoms with Crippen LogP contribution in [0.3, 0.4) is 0 Å². The summed E-state index contributed by atoms with van der Waals surface area (Å²) in [5.41, 5.74) is 2.19. The lowest BCUT2D eigenvalue weighted by Crippen LogP contribution is -1.99. The van der Waals surface area contributed by atoms with Crippen LogP contribution >= 0.6 is 28.1 Å². The van der Waals surface area contributed by atoms with Gasteiger partial charge < -0.3 is 0 Å².